The van der Waals surface area contributed by atoms with Crippen molar-refractivity contribution < 1.29 is 19.5 Å². The minimum absolute atomic E-state index is 0.0745. The van der Waals surface area contributed by atoms with Crippen molar-refractivity contribution in [2.75, 3.05) is 19.8 Å². The van der Waals surface area contributed by atoms with E-state index in [0.29, 0.717) is 6.61 Å². The van der Waals surface area contributed by atoms with E-state index in [4.69, 9.17) is 15.2 Å². The largest absolute Gasteiger partial charge is 0.484 e. The minimum atomic E-state index is -0.832. The van der Waals surface area contributed by atoms with Crippen molar-refractivity contribution in [1.29, 1.82) is 0 Å². The van der Waals surface area contributed by atoms with Crippen LogP contribution in [0.2, 0.25) is 0 Å². The van der Waals surface area contributed by atoms with Crippen LogP contribution in [-0.2, 0) is 11.3 Å². The highest BCUT2D eigenvalue weighted by Gasteiger charge is 2.16. The molecule has 7 nitrogen and oxygen atoms in total. The third-order valence-corrected chi connectivity index (χ3v) is 2.40. The molecular weight excluding hydrogens is 252 g/mol. The van der Waals surface area contributed by atoms with Crippen LogP contribution in [-0.4, -0.2) is 36.0 Å². The molecule has 1 atom stereocenters. The second-order valence-electron chi connectivity index (χ2n) is 3.89. The Hall–Kier alpha value is -1.70. The maximum atomic E-state index is 10.8. The van der Waals surface area contributed by atoms with Gasteiger partial charge in [-0.3, -0.25) is 10.1 Å². The highest BCUT2D eigenvalue weighted by molar-refractivity contribution is 5.48. The fourth-order valence-corrected chi connectivity index (χ4v) is 1.44. The maximum Gasteiger partial charge on any atom is 0.310 e. The zero-order valence-electron chi connectivity index (χ0n) is 10.7. The summed E-state index contributed by atoms with van der Waals surface area (Å²) in [5, 5.41) is 20.4. The van der Waals surface area contributed by atoms with Crippen LogP contribution in [0.5, 0.6) is 5.75 Å². The van der Waals surface area contributed by atoms with Gasteiger partial charge in [0.05, 0.1) is 11.5 Å². The number of nitrogens with zero attached hydrogens (tertiary/aromatic N) is 1. The number of nitro groups is 1. The summed E-state index contributed by atoms with van der Waals surface area (Å²) < 4.78 is 10.3. The van der Waals surface area contributed by atoms with Gasteiger partial charge in [-0.25, -0.2) is 0 Å². The van der Waals surface area contributed by atoms with Gasteiger partial charge in [0.2, 0.25) is 0 Å². The Kier molecular flexibility index (Phi) is 6.20. The van der Waals surface area contributed by atoms with Crippen molar-refractivity contribution in [3.8, 4) is 5.75 Å². The fraction of sp³-hybridized carbons (Fsp3) is 0.500. The van der Waals surface area contributed by atoms with Gasteiger partial charge in [0.25, 0.3) is 0 Å². The molecule has 0 heterocycles. The van der Waals surface area contributed by atoms with Gasteiger partial charge in [0, 0.05) is 19.2 Å². The van der Waals surface area contributed by atoms with Crippen LogP contribution >= 0.6 is 0 Å². The molecule has 0 spiro atoms. The summed E-state index contributed by atoms with van der Waals surface area (Å²) in [6, 6.07) is 4.42. The second-order valence-corrected chi connectivity index (χ2v) is 3.89. The predicted molar refractivity (Wildman–Crippen MR) is 69.0 cm³/mol. The van der Waals surface area contributed by atoms with E-state index in [0.717, 1.165) is 5.56 Å². The van der Waals surface area contributed by atoms with Crippen LogP contribution in [0.25, 0.3) is 0 Å². The van der Waals surface area contributed by atoms with Crippen LogP contribution in [0, 0.1) is 10.1 Å². The Bertz CT molecular complexity index is 425. The van der Waals surface area contributed by atoms with Crippen LogP contribution in [0.1, 0.15) is 12.5 Å². The molecule has 106 valence electrons. The number of nitrogens with two attached hydrogens (primary N) is 1. The van der Waals surface area contributed by atoms with E-state index in [2.05, 4.69) is 0 Å². The molecule has 0 aliphatic carbocycles. The fourth-order valence-electron chi connectivity index (χ4n) is 1.44. The smallest absolute Gasteiger partial charge is 0.310 e. The number of rotatable bonds is 8. The molecule has 0 aliphatic heterocycles. The van der Waals surface area contributed by atoms with E-state index in [-0.39, 0.29) is 31.2 Å². The molecule has 0 amide bonds. The van der Waals surface area contributed by atoms with Crippen molar-refractivity contribution in [1.82, 2.24) is 0 Å². The van der Waals surface area contributed by atoms with Gasteiger partial charge >= 0.3 is 5.69 Å². The lowest BCUT2D eigenvalue weighted by Crippen LogP contribution is -2.23. The first-order valence-electron chi connectivity index (χ1n) is 5.94. The molecule has 1 aromatic carbocycles. The van der Waals surface area contributed by atoms with Crippen LogP contribution in [0.3, 0.4) is 0 Å². The summed E-state index contributed by atoms with van der Waals surface area (Å²) in [4.78, 5) is 10.3. The van der Waals surface area contributed by atoms with Crippen molar-refractivity contribution in [2.24, 2.45) is 5.73 Å². The van der Waals surface area contributed by atoms with Crippen LogP contribution in [0.15, 0.2) is 18.2 Å². The minimum Gasteiger partial charge on any atom is -0.484 e. The molecule has 0 aromatic heterocycles. The summed E-state index contributed by atoms with van der Waals surface area (Å²) in [5.41, 5.74) is 6.04. The van der Waals surface area contributed by atoms with Crippen molar-refractivity contribution >= 4 is 5.69 Å². The van der Waals surface area contributed by atoms with Crippen molar-refractivity contribution in [2.45, 2.75) is 19.6 Å². The summed E-state index contributed by atoms with van der Waals surface area (Å²) in [7, 11) is 0. The van der Waals surface area contributed by atoms with Gasteiger partial charge in [-0.2, -0.15) is 0 Å². The first-order chi connectivity index (χ1) is 9.08. The molecule has 19 heavy (non-hydrogen) atoms. The number of hydrogen-bond acceptors (Lipinski definition) is 6. The molecule has 0 radical (unpaired) electrons. The average molecular weight is 270 g/mol. The molecule has 0 saturated heterocycles. The van der Waals surface area contributed by atoms with Crippen molar-refractivity contribution in [3.63, 3.8) is 0 Å². The zero-order chi connectivity index (χ0) is 14.3. The SMILES string of the molecule is CCOCC(O)COc1cc(CN)ccc1[N+](=O)[O-]. The standard InChI is InChI=1S/C12H18N2O5/c1-2-18-7-10(15)8-19-12-5-9(6-13)3-4-11(12)14(16)17/h3-5,10,15H,2,6-8,13H2,1H3. The third-order valence-electron chi connectivity index (χ3n) is 2.40. The molecule has 1 rings (SSSR count). The molecule has 0 bridgehead atoms. The van der Waals surface area contributed by atoms with Gasteiger partial charge in [-0.05, 0) is 18.6 Å². The van der Waals surface area contributed by atoms with E-state index < -0.39 is 11.0 Å². The molecule has 0 aliphatic rings. The lowest BCUT2D eigenvalue weighted by molar-refractivity contribution is -0.385. The quantitative estimate of drug-likeness (QED) is 0.535. The van der Waals surface area contributed by atoms with Gasteiger partial charge in [-0.15, -0.1) is 0 Å². The maximum absolute atomic E-state index is 10.8. The van der Waals surface area contributed by atoms with E-state index >= 15 is 0 Å². The van der Waals surface area contributed by atoms with Crippen LogP contribution in [0.4, 0.5) is 5.69 Å². The molecule has 0 saturated carbocycles. The van der Waals surface area contributed by atoms with E-state index in [1.54, 1.807) is 6.07 Å². The Morgan fingerprint density at radius 3 is 2.79 bits per heavy atom. The number of nitro benzene ring substituents is 1. The number of aliphatic hydroxyl groups is 1. The number of hydrogen-bond donors (Lipinski definition) is 2. The van der Waals surface area contributed by atoms with Gasteiger partial charge in [0.15, 0.2) is 5.75 Å². The third kappa shape index (κ3) is 4.82. The Labute approximate surface area is 111 Å². The number of aliphatic hydroxyl groups excluding tert-OH is 1. The van der Waals surface area contributed by atoms with Gasteiger partial charge < -0.3 is 20.3 Å². The Morgan fingerprint density at radius 1 is 1.47 bits per heavy atom. The first kappa shape index (κ1) is 15.4. The lowest BCUT2D eigenvalue weighted by Gasteiger charge is -2.12. The molecule has 1 aromatic rings. The monoisotopic (exact) mass is 270 g/mol. The molecule has 7 heteroatoms. The van der Waals surface area contributed by atoms with E-state index in [1.165, 1.54) is 12.1 Å². The van der Waals surface area contributed by atoms with Gasteiger partial charge in [0.1, 0.15) is 12.7 Å². The summed E-state index contributed by atoms with van der Waals surface area (Å²) in [6.45, 7) is 2.61. The van der Waals surface area contributed by atoms with Crippen LogP contribution < -0.4 is 10.5 Å². The number of ether oxygens (including phenoxy) is 2. The molecule has 1 unspecified atom stereocenters. The zero-order valence-corrected chi connectivity index (χ0v) is 10.7. The topological polar surface area (TPSA) is 108 Å². The molecule has 0 fully saturated rings. The van der Waals surface area contributed by atoms with Crippen molar-refractivity contribution in [3.05, 3.63) is 33.9 Å². The Morgan fingerprint density at radius 2 is 2.21 bits per heavy atom. The Balaban J connectivity index is 2.72. The normalized spacial score (nSPS) is 12.2. The molecular formula is C12H18N2O5. The molecule has 3 N–H and O–H groups in total. The van der Waals surface area contributed by atoms with E-state index in [1.807, 2.05) is 6.92 Å². The highest BCUT2D eigenvalue weighted by Crippen LogP contribution is 2.27. The summed E-state index contributed by atoms with van der Waals surface area (Å²) in [6.07, 6.45) is -0.832. The summed E-state index contributed by atoms with van der Waals surface area (Å²) in [5.74, 6) is 0.100. The highest BCUT2D eigenvalue weighted by atomic mass is 16.6. The summed E-state index contributed by atoms with van der Waals surface area (Å²) >= 11 is 0. The number of benzene rings is 1. The van der Waals surface area contributed by atoms with E-state index in [9.17, 15) is 15.2 Å². The van der Waals surface area contributed by atoms with Gasteiger partial charge in [-0.1, -0.05) is 6.07 Å². The second kappa shape index (κ2) is 7.67. The average Bonchev–Trinajstić information content (AvgIpc) is 2.42. The first-order valence-corrected chi connectivity index (χ1v) is 5.94. The lowest BCUT2D eigenvalue weighted by atomic mass is 10.2. The predicted octanol–water partition coefficient (Wildman–Crippen LogP) is 0.830.